The molecule has 1 unspecified atom stereocenters. The number of rotatable bonds is 6. The summed E-state index contributed by atoms with van der Waals surface area (Å²) in [4.78, 5) is 12.4. The van der Waals surface area contributed by atoms with E-state index in [1.165, 1.54) is 4.88 Å². The van der Waals surface area contributed by atoms with Crippen molar-refractivity contribution in [3.63, 3.8) is 0 Å². The Balaban J connectivity index is 1.62. The summed E-state index contributed by atoms with van der Waals surface area (Å²) >= 11 is 1.77. The summed E-state index contributed by atoms with van der Waals surface area (Å²) < 4.78 is 1.84. The normalized spacial score (nSPS) is 12.6. The minimum absolute atomic E-state index is 0.282. The minimum atomic E-state index is 0.282. The first kappa shape index (κ1) is 16.7. The third-order valence-electron chi connectivity index (χ3n) is 4.32. The summed E-state index contributed by atoms with van der Waals surface area (Å²) in [6.45, 7) is 0.760. The van der Waals surface area contributed by atoms with Crippen LogP contribution in [-0.2, 0) is 0 Å². The summed E-state index contributed by atoms with van der Waals surface area (Å²) in [6, 6.07) is 14.5. The number of hydrogen-bond donors (Lipinski definition) is 1. The van der Waals surface area contributed by atoms with Gasteiger partial charge in [-0.25, -0.2) is 14.6 Å². The van der Waals surface area contributed by atoms with E-state index in [4.69, 9.17) is 0 Å². The van der Waals surface area contributed by atoms with Gasteiger partial charge in [0, 0.05) is 11.4 Å². The fourth-order valence-electron chi connectivity index (χ4n) is 2.95. The molecule has 4 rings (SSSR count). The lowest BCUT2D eigenvalue weighted by atomic mass is 10.2. The van der Waals surface area contributed by atoms with E-state index in [0.717, 1.165) is 29.1 Å². The quantitative estimate of drug-likeness (QED) is 0.567. The van der Waals surface area contributed by atoms with E-state index in [9.17, 15) is 0 Å². The third-order valence-corrected chi connectivity index (χ3v) is 5.30. The second kappa shape index (κ2) is 7.23. The molecule has 6 nitrogen and oxygen atoms in total. The fraction of sp³-hybridized carbons (Fsp3) is 0.211. The van der Waals surface area contributed by atoms with Crippen LogP contribution in [0.4, 0.5) is 5.82 Å². The highest BCUT2D eigenvalue weighted by Crippen LogP contribution is 2.26. The van der Waals surface area contributed by atoms with E-state index in [-0.39, 0.29) is 6.04 Å². The molecule has 0 spiro atoms. The second-order valence-electron chi connectivity index (χ2n) is 6.23. The van der Waals surface area contributed by atoms with Crippen molar-refractivity contribution >= 4 is 28.2 Å². The van der Waals surface area contributed by atoms with Gasteiger partial charge in [-0.2, -0.15) is 5.10 Å². The molecule has 3 heterocycles. The van der Waals surface area contributed by atoms with Gasteiger partial charge in [0.05, 0.1) is 23.3 Å². The maximum Gasteiger partial charge on any atom is 0.168 e. The fourth-order valence-corrected chi connectivity index (χ4v) is 3.88. The third kappa shape index (κ3) is 3.18. The van der Waals surface area contributed by atoms with Gasteiger partial charge in [0.25, 0.3) is 0 Å². The first-order valence-electron chi connectivity index (χ1n) is 8.42. The summed E-state index contributed by atoms with van der Waals surface area (Å²) in [5.41, 5.74) is 1.78. The summed E-state index contributed by atoms with van der Waals surface area (Å²) in [6.07, 6.45) is 3.40. The zero-order valence-electron chi connectivity index (χ0n) is 14.7. The number of para-hydroxylation sites is 1. The number of thiophene rings is 1. The molecule has 0 aliphatic carbocycles. The molecule has 0 saturated heterocycles. The Bertz CT molecular complexity index is 978. The number of hydrogen-bond acceptors (Lipinski definition) is 6. The summed E-state index contributed by atoms with van der Waals surface area (Å²) in [5, 5.41) is 11.0. The van der Waals surface area contributed by atoms with Crippen LogP contribution >= 0.6 is 11.3 Å². The molecule has 3 aromatic heterocycles. The number of aromatic nitrogens is 4. The van der Waals surface area contributed by atoms with Gasteiger partial charge in [-0.3, -0.25) is 0 Å². The Morgan fingerprint density at radius 1 is 1.12 bits per heavy atom. The molecule has 1 atom stereocenters. The zero-order valence-corrected chi connectivity index (χ0v) is 15.5. The van der Waals surface area contributed by atoms with Crippen molar-refractivity contribution in [1.29, 1.82) is 0 Å². The van der Waals surface area contributed by atoms with Gasteiger partial charge in [0.2, 0.25) is 0 Å². The van der Waals surface area contributed by atoms with E-state index in [1.807, 2.05) is 41.2 Å². The van der Waals surface area contributed by atoms with Gasteiger partial charge in [-0.15, -0.1) is 11.3 Å². The van der Waals surface area contributed by atoms with Crippen molar-refractivity contribution in [2.45, 2.75) is 6.04 Å². The van der Waals surface area contributed by atoms with E-state index in [0.29, 0.717) is 0 Å². The Labute approximate surface area is 156 Å². The average molecular weight is 364 g/mol. The van der Waals surface area contributed by atoms with Crippen molar-refractivity contribution in [2.24, 2.45) is 0 Å². The Morgan fingerprint density at radius 2 is 1.96 bits per heavy atom. The van der Waals surface area contributed by atoms with Crippen molar-refractivity contribution < 1.29 is 0 Å². The van der Waals surface area contributed by atoms with Crippen molar-refractivity contribution in [2.75, 3.05) is 26.0 Å². The molecular weight excluding hydrogens is 344 g/mol. The predicted molar refractivity (Wildman–Crippen MR) is 106 cm³/mol. The number of nitrogens with one attached hydrogen (secondary N) is 1. The van der Waals surface area contributed by atoms with Gasteiger partial charge in [0.1, 0.15) is 12.1 Å². The standard InChI is InChI=1S/C19H20N6S/c1-24(2)16(17-9-6-10-26-17)12-20-18-15-11-23-25(19(15)22-13-21-18)14-7-4-3-5-8-14/h3-11,13,16H,12H2,1-2H3,(H,20,21,22). The van der Waals surface area contributed by atoms with Crippen LogP contribution < -0.4 is 5.32 Å². The number of likely N-dealkylation sites (N-methyl/N-ethyl adjacent to an activating group) is 1. The van der Waals surface area contributed by atoms with E-state index >= 15 is 0 Å². The van der Waals surface area contributed by atoms with Crippen LogP contribution in [0.2, 0.25) is 0 Å². The molecule has 0 aliphatic rings. The molecule has 0 aliphatic heterocycles. The minimum Gasteiger partial charge on any atom is -0.367 e. The van der Waals surface area contributed by atoms with Crippen LogP contribution in [0.5, 0.6) is 0 Å². The Hall–Kier alpha value is -2.77. The van der Waals surface area contributed by atoms with Crippen LogP contribution in [-0.4, -0.2) is 45.3 Å². The van der Waals surface area contributed by atoms with Crippen molar-refractivity contribution in [3.05, 3.63) is 65.2 Å². The van der Waals surface area contributed by atoms with Gasteiger partial charge in [-0.05, 0) is 37.7 Å². The van der Waals surface area contributed by atoms with Gasteiger partial charge < -0.3 is 10.2 Å². The molecule has 7 heteroatoms. The second-order valence-corrected chi connectivity index (χ2v) is 7.21. The SMILES string of the molecule is CN(C)C(CNc1ncnc2c1cnn2-c1ccccc1)c1cccs1. The van der Waals surface area contributed by atoms with Crippen LogP contribution in [0.1, 0.15) is 10.9 Å². The van der Waals surface area contributed by atoms with E-state index in [2.05, 4.69) is 56.9 Å². The molecule has 1 aromatic carbocycles. The molecule has 0 fully saturated rings. The molecule has 0 amide bonds. The predicted octanol–water partition coefficient (Wildman–Crippen LogP) is 3.59. The highest BCUT2D eigenvalue weighted by molar-refractivity contribution is 7.10. The molecular formula is C19H20N6S. The first-order chi connectivity index (χ1) is 12.7. The molecule has 1 N–H and O–H groups in total. The summed E-state index contributed by atoms with van der Waals surface area (Å²) in [7, 11) is 4.18. The van der Waals surface area contributed by atoms with Crippen LogP contribution in [0, 0.1) is 0 Å². The molecule has 132 valence electrons. The smallest absolute Gasteiger partial charge is 0.168 e. The lowest BCUT2D eigenvalue weighted by Gasteiger charge is -2.23. The Morgan fingerprint density at radius 3 is 2.69 bits per heavy atom. The zero-order chi connectivity index (χ0) is 17.9. The largest absolute Gasteiger partial charge is 0.367 e. The molecule has 0 bridgehead atoms. The van der Waals surface area contributed by atoms with Crippen LogP contribution in [0.25, 0.3) is 16.7 Å². The lowest BCUT2D eigenvalue weighted by molar-refractivity contribution is 0.316. The maximum atomic E-state index is 4.50. The van der Waals surface area contributed by atoms with Crippen LogP contribution in [0.15, 0.2) is 60.4 Å². The molecule has 0 saturated carbocycles. The number of nitrogens with zero attached hydrogens (tertiary/aromatic N) is 5. The topological polar surface area (TPSA) is 58.9 Å². The molecule has 0 radical (unpaired) electrons. The maximum absolute atomic E-state index is 4.50. The van der Waals surface area contributed by atoms with E-state index in [1.54, 1.807) is 17.7 Å². The number of anilines is 1. The van der Waals surface area contributed by atoms with Crippen molar-refractivity contribution in [3.8, 4) is 5.69 Å². The van der Waals surface area contributed by atoms with Crippen LogP contribution in [0.3, 0.4) is 0 Å². The molecule has 4 aromatic rings. The van der Waals surface area contributed by atoms with Gasteiger partial charge in [-0.1, -0.05) is 24.3 Å². The van der Waals surface area contributed by atoms with Gasteiger partial charge in [0.15, 0.2) is 5.65 Å². The van der Waals surface area contributed by atoms with E-state index < -0.39 is 0 Å². The monoisotopic (exact) mass is 364 g/mol. The first-order valence-corrected chi connectivity index (χ1v) is 9.30. The average Bonchev–Trinajstić information content (AvgIpc) is 3.32. The highest BCUT2D eigenvalue weighted by atomic mass is 32.1. The van der Waals surface area contributed by atoms with Gasteiger partial charge >= 0.3 is 0 Å². The Kier molecular flexibility index (Phi) is 4.64. The number of benzene rings is 1. The highest BCUT2D eigenvalue weighted by Gasteiger charge is 2.17. The summed E-state index contributed by atoms with van der Waals surface area (Å²) in [5.74, 6) is 0.806. The lowest BCUT2D eigenvalue weighted by Crippen LogP contribution is -2.26. The molecule has 26 heavy (non-hydrogen) atoms. The van der Waals surface area contributed by atoms with Crippen molar-refractivity contribution in [1.82, 2.24) is 24.6 Å². The number of fused-ring (bicyclic) bond motifs is 1.